The fourth-order valence-electron chi connectivity index (χ4n) is 4.51. The zero-order chi connectivity index (χ0) is 32.2. The summed E-state index contributed by atoms with van der Waals surface area (Å²) >= 11 is 5.45. The van der Waals surface area contributed by atoms with Crippen LogP contribution in [0.25, 0.3) is 0 Å². The Hall–Kier alpha value is -4.46. The predicted octanol–water partition coefficient (Wildman–Crippen LogP) is 8.98. The van der Waals surface area contributed by atoms with Crippen LogP contribution in [0, 0.1) is 0 Å². The first kappa shape index (κ1) is 32.5. The molecule has 0 atom stereocenters. The number of halogens is 9. The van der Waals surface area contributed by atoms with E-state index in [0.717, 1.165) is 42.5 Å². The van der Waals surface area contributed by atoms with Crippen LogP contribution in [0.1, 0.15) is 22.3 Å². The summed E-state index contributed by atoms with van der Waals surface area (Å²) in [5.74, 6) is -1.26. The van der Waals surface area contributed by atoms with Crippen molar-refractivity contribution in [1.82, 2.24) is 5.32 Å². The third kappa shape index (κ3) is 8.78. The van der Waals surface area contributed by atoms with Gasteiger partial charge in [-0.15, -0.1) is 26.3 Å². The molecule has 0 aromatic heterocycles. The summed E-state index contributed by atoms with van der Waals surface area (Å²) in [4.78, 5) is 0. The number of nitrogens with one attached hydrogen (secondary N) is 2. The van der Waals surface area contributed by atoms with Crippen LogP contribution in [0.3, 0.4) is 0 Å². The standard InChI is InChI=1S/C30H21F9N2O2S/c31-28(32,33)22-11-4-12-23(15-22)40-26(44)41-27(18-19-7-2-1-3-8-19,20-9-5-13-24(16-20)42-29(34,35)36)21-10-6-14-25(17-21)43-30(37,38)39/h1-17H,18H2,(H2,40,41,44). The van der Waals surface area contributed by atoms with E-state index in [1.165, 1.54) is 30.3 Å². The van der Waals surface area contributed by atoms with Gasteiger partial charge in [-0.1, -0.05) is 60.7 Å². The van der Waals surface area contributed by atoms with Crippen LogP contribution < -0.4 is 20.1 Å². The van der Waals surface area contributed by atoms with Crippen LogP contribution in [0.5, 0.6) is 11.5 Å². The SMILES string of the molecule is FC(F)(F)Oc1cccc(C(Cc2ccccc2)(NC(=S)Nc2cccc(C(F)(F)F)c2)c2cccc(OC(F)(F)F)c2)c1. The number of alkyl halides is 9. The summed E-state index contributed by atoms with van der Waals surface area (Å²) in [6.45, 7) is 0. The molecule has 0 aliphatic rings. The lowest BCUT2D eigenvalue weighted by molar-refractivity contribution is -0.275. The molecule has 14 heteroatoms. The minimum Gasteiger partial charge on any atom is -0.406 e. The molecule has 0 radical (unpaired) electrons. The van der Waals surface area contributed by atoms with Gasteiger partial charge in [-0.3, -0.25) is 0 Å². The molecule has 4 aromatic rings. The molecule has 4 nitrogen and oxygen atoms in total. The van der Waals surface area contributed by atoms with E-state index in [1.54, 1.807) is 30.3 Å². The van der Waals surface area contributed by atoms with Crippen molar-refractivity contribution >= 4 is 23.0 Å². The van der Waals surface area contributed by atoms with E-state index in [9.17, 15) is 39.5 Å². The number of hydrogen-bond acceptors (Lipinski definition) is 3. The lowest BCUT2D eigenvalue weighted by Gasteiger charge is -2.38. The zero-order valence-electron chi connectivity index (χ0n) is 22.1. The van der Waals surface area contributed by atoms with E-state index < -0.39 is 41.5 Å². The molecule has 0 heterocycles. The maximum atomic E-state index is 13.3. The zero-order valence-corrected chi connectivity index (χ0v) is 23.0. The Balaban J connectivity index is 1.88. The molecule has 0 unspecified atom stereocenters. The van der Waals surface area contributed by atoms with Crippen LogP contribution in [0.4, 0.5) is 45.2 Å². The Morgan fingerprint density at radius 2 is 1.09 bits per heavy atom. The van der Waals surface area contributed by atoms with E-state index >= 15 is 0 Å². The van der Waals surface area contributed by atoms with Crippen molar-refractivity contribution in [3.63, 3.8) is 0 Å². The molecular weight excluding hydrogens is 623 g/mol. The number of benzene rings is 4. The minimum absolute atomic E-state index is 0.0699. The Bertz CT molecular complexity index is 1530. The van der Waals surface area contributed by atoms with E-state index in [0.29, 0.717) is 5.56 Å². The highest BCUT2D eigenvalue weighted by atomic mass is 32.1. The van der Waals surface area contributed by atoms with Crippen molar-refractivity contribution in [3.8, 4) is 11.5 Å². The number of ether oxygens (including phenoxy) is 2. The van der Waals surface area contributed by atoms with Crippen molar-refractivity contribution in [3.05, 3.63) is 125 Å². The highest BCUT2D eigenvalue weighted by molar-refractivity contribution is 7.80. The number of thiocarbonyl (C=S) groups is 1. The average molecular weight is 645 g/mol. The molecule has 0 amide bonds. The normalized spacial score (nSPS) is 12.4. The molecular formula is C30H21F9N2O2S. The van der Waals surface area contributed by atoms with Crippen molar-refractivity contribution in [1.29, 1.82) is 0 Å². The van der Waals surface area contributed by atoms with Gasteiger partial charge in [0.1, 0.15) is 11.5 Å². The van der Waals surface area contributed by atoms with Crippen LogP contribution in [-0.2, 0) is 18.1 Å². The van der Waals surface area contributed by atoms with E-state index in [4.69, 9.17) is 12.2 Å². The highest BCUT2D eigenvalue weighted by Gasteiger charge is 2.39. The molecule has 0 aliphatic carbocycles. The Kier molecular flexibility index (Phi) is 9.33. The third-order valence-corrected chi connectivity index (χ3v) is 6.41. The van der Waals surface area contributed by atoms with E-state index in [1.807, 2.05) is 0 Å². The summed E-state index contributed by atoms with van der Waals surface area (Å²) in [6, 6.07) is 21.9. The molecule has 44 heavy (non-hydrogen) atoms. The maximum Gasteiger partial charge on any atom is 0.573 e. The number of hydrogen-bond donors (Lipinski definition) is 2. The molecule has 4 aromatic carbocycles. The Morgan fingerprint density at radius 1 is 0.591 bits per heavy atom. The number of rotatable bonds is 8. The van der Waals surface area contributed by atoms with Gasteiger partial charge >= 0.3 is 18.9 Å². The smallest absolute Gasteiger partial charge is 0.406 e. The Labute approximate surface area is 250 Å². The second kappa shape index (κ2) is 12.6. The lowest BCUT2D eigenvalue weighted by atomic mass is 9.77. The average Bonchev–Trinajstić information content (AvgIpc) is 2.91. The molecule has 0 fully saturated rings. The first-order chi connectivity index (χ1) is 20.5. The molecule has 0 saturated heterocycles. The first-order valence-corrected chi connectivity index (χ1v) is 13.0. The van der Waals surface area contributed by atoms with Gasteiger partial charge in [0.25, 0.3) is 0 Å². The van der Waals surface area contributed by atoms with Gasteiger partial charge in [0.05, 0.1) is 11.1 Å². The van der Waals surface area contributed by atoms with Crippen molar-refractivity contribution in [2.75, 3.05) is 5.32 Å². The lowest BCUT2D eigenvalue weighted by Crippen LogP contribution is -2.50. The Morgan fingerprint density at radius 3 is 1.59 bits per heavy atom. The van der Waals surface area contributed by atoms with E-state index in [2.05, 4.69) is 20.1 Å². The summed E-state index contributed by atoms with van der Waals surface area (Å²) in [5, 5.41) is 5.31. The second-order valence-corrected chi connectivity index (χ2v) is 9.78. The first-order valence-electron chi connectivity index (χ1n) is 12.6. The van der Waals surface area contributed by atoms with Crippen LogP contribution >= 0.6 is 12.2 Å². The van der Waals surface area contributed by atoms with Gasteiger partial charge in [0.15, 0.2) is 5.11 Å². The molecule has 4 rings (SSSR count). The molecule has 2 N–H and O–H groups in total. The largest absolute Gasteiger partial charge is 0.573 e. The fraction of sp³-hybridized carbons (Fsp3) is 0.167. The summed E-state index contributed by atoms with van der Waals surface area (Å²) < 4.78 is 127. The predicted molar refractivity (Wildman–Crippen MR) is 148 cm³/mol. The van der Waals surface area contributed by atoms with Gasteiger partial charge in [-0.05, 0) is 71.4 Å². The van der Waals surface area contributed by atoms with Crippen LogP contribution in [0.2, 0.25) is 0 Å². The summed E-state index contributed by atoms with van der Waals surface area (Å²) in [5.41, 5.74) is -2.06. The van der Waals surface area contributed by atoms with Crippen molar-refractivity contribution in [2.45, 2.75) is 30.9 Å². The van der Waals surface area contributed by atoms with Crippen molar-refractivity contribution in [2.24, 2.45) is 0 Å². The van der Waals surface area contributed by atoms with Gasteiger partial charge in [0.2, 0.25) is 0 Å². The molecule has 0 aliphatic heterocycles. The maximum absolute atomic E-state index is 13.3. The summed E-state index contributed by atoms with van der Waals surface area (Å²) in [7, 11) is 0. The molecule has 0 saturated carbocycles. The minimum atomic E-state index is -5.06. The van der Waals surface area contributed by atoms with Gasteiger partial charge < -0.3 is 20.1 Å². The van der Waals surface area contributed by atoms with Crippen molar-refractivity contribution < 1.29 is 49.0 Å². The topological polar surface area (TPSA) is 42.5 Å². The third-order valence-electron chi connectivity index (χ3n) is 6.21. The second-order valence-electron chi connectivity index (χ2n) is 9.38. The van der Waals surface area contributed by atoms with Crippen LogP contribution in [-0.4, -0.2) is 17.8 Å². The molecule has 232 valence electrons. The quantitative estimate of drug-likeness (QED) is 0.148. The van der Waals surface area contributed by atoms with Gasteiger partial charge in [-0.25, -0.2) is 0 Å². The van der Waals surface area contributed by atoms with Crippen LogP contribution in [0.15, 0.2) is 103 Å². The highest BCUT2D eigenvalue weighted by Crippen LogP contribution is 2.39. The molecule has 0 bridgehead atoms. The molecule has 0 spiro atoms. The van der Waals surface area contributed by atoms with Gasteiger partial charge in [-0.2, -0.15) is 13.2 Å². The number of anilines is 1. The summed E-state index contributed by atoms with van der Waals surface area (Å²) in [6.07, 6.45) is -14.9. The van der Waals surface area contributed by atoms with Gasteiger partial charge in [0, 0.05) is 12.1 Å². The monoisotopic (exact) mass is 644 g/mol. The fourth-order valence-corrected chi connectivity index (χ4v) is 4.80. The van der Waals surface area contributed by atoms with E-state index in [-0.39, 0.29) is 28.3 Å².